The lowest BCUT2D eigenvalue weighted by atomic mass is 9.99. The quantitative estimate of drug-likeness (QED) is 0.323. The molecular weight excluding hydrogens is 411 g/mol. The van der Waals surface area contributed by atoms with Gasteiger partial charge in [0.2, 0.25) is 0 Å². The highest BCUT2D eigenvalue weighted by atomic mass is 127. The summed E-state index contributed by atoms with van der Waals surface area (Å²) in [6, 6.07) is 0. The van der Waals surface area contributed by atoms with E-state index in [1.54, 1.807) is 6.33 Å². The zero-order valence-corrected chi connectivity index (χ0v) is 16.4. The van der Waals surface area contributed by atoms with Gasteiger partial charge in [0.15, 0.2) is 11.8 Å². The second kappa shape index (κ2) is 9.04. The van der Waals surface area contributed by atoms with Gasteiger partial charge in [0, 0.05) is 26.7 Å². The second-order valence-electron chi connectivity index (χ2n) is 5.54. The number of hydrogen-bond acceptors (Lipinski definition) is 5. The lowest BCUT2D eigenvalue weighted by molar-refractivity contribution is -0.145. The van der Waals surface area contributed by atoms with Crippen LogP contribution in [0.5, 0.6) is 0 Å². The number of likely N-dealkylation sites (tertiary alicyclic amines) is 1. The molecule has 1 N–H and O–H groups in total. The van der Waals surface area contributed by atoms with Crippen LogP contribution < -0.4 is 5.32 Å². The molecule has 1 aromatic heterocycles. The van der Waals surface area contributed by atoms with Crippen molar-refractivity contribution in [3.05, 3.63) is 12.2 Å². The summed E-state index contributed by atoms with van der Waals surface area (Å²) in [6.45, 7) is 6.71. The van der Waals surface area contributed by atoms with Gasteiger partial charge in [-0.3, -0.25) is 4.79 Å². The number of carbonyl (C=O) groups is 1. The van der Waals surface area contributed by atoms with Gasteiger partial charge in [0.05, 0.1) is 13.0 Å². The molecule has 0 aliphatic carbocycles. The molecule has 1 aliphatic rings. The highest BCUT2D eigenvalue weighted by molar-refractivity contribution is 14.0. The molecule has 0 radical (unpaired) electrons. The van der Waals surface area contributed by atoms with Crippen molar-refractivity contribution in [2.45, 2.75) is 20.4 Å². The van der Waals surface area contributed by atoms with Crippen molar-refractivity contribution >= 4 is 35.9 Å². The minimum atomic E-state index is -0.154. The summed E-state index contributed by atoms with van der Waals surface area (Å²) in [6.07, 6.45) is 1.66. The van der Waals surface area contributed by atoms with Gasteiger partial charge in [0.25, 0.3) is 0 Å². The van der Waals surface area contributed by atoms with Crippen molar-refractivity contribution in [2.24, 2.45) is 23.9 Å². The molecule has 2 atom stereocenters. The van der Waals surface area contributed by atoms with E-state index < -0.39 is 0 Å². The van der Waals surface area contributed by atoms with Crippen LogP contribution in [0.1, 0.15) is 19.7 Å². The van der Waals surface area contributed by atoms with Crippen LogP contribution in [0.3, 0.4) is 0 Å². The molecule has 0 saturated carbocycles. The molecular formula is C14H25IN6O2. The number of carbonyl (C=O) groups excluding carboxylic acids is 1. The van der Waals surface area contributed by atoms with Crippen molar-refractivity contribution in [1.82, 2.24) is 25.0 Å². The van der Waals surface area contributed by atoms with E-state index in [1.807, 2.05) is 18.5 Å². The number of esters is 1. The first-order valence-corrected chi connectivity index (χ1v) is 7.50. The van der Waals surface area contributed by atoms with Crippen molar-refractivity contribution in [2.75, 3.05) is 26.7 Å². The fourth-order valence-electron chi connectivity index (χ4n) is 2.62. The number of aryl methyl sites for hydroxylation is 1. The lowest BCUT2D eigenvalue weighted by Gasteiger charge is -2.21. The van der Waals surface area contributed by atoms with Crippen molar-refractivity contribution in [3.63, 3.8) is 0 Å². The zero-order chi connectivity index (χ0) is 16.1. The van der Waals surface area contributed by atoms with Crippen molar-refractivity contribution in [1.29, 1.82) is 0 Å². The summed E-state index contributed by atoms with van der Waals surface area (Å²) in [5, 5.41) is 11.2. The average Bonchev–Trinajstić information content (AvgIpc) is 3.09. The van der Waals surface area contributed by atoms with Crippen LogP contribution >= 0.6 is 24.0 Å². The number of ether oxygens (including phenoxy) is 1. The van der Waals surface area contributed by atoms with E-state index in [2.05, 4.69) is 32.3 Å². The number of nitrogens with one attached hydrogen (secondary N) is 1. The van der Waals surface area contributed by atoms with Gasteiger partial charge in [-0.15, -0.1) is 34.2 Å². The predicted octanol–water partition coefficient (Wildman–Crippen LogP) is 0.639. The Morgan fingerprint density at radius 2 is 2.26 bits per heavy atom. The first-order valence-electron chi connectivity index (χ1n) is 7.50. The van der Waals surface area contributed by atoms with E-state index in [0.717, 1.165) is 24.9 Å². The summed E-state index contributed by atoms with van der Waals surface area (Å²) >= 11 is 0. The molecule has 130 valence electrons. The van der Waals surface area contributed by atoms with E-state index in [1.165, 1.54) is 7.11 Å². The predicted molar refractivity (Wildman–Crippen MR) is 97.5 cm³/mol. The van der Waals surface area contributed by atoms with Gasteiger partial charge in [-0.1, -0.05) is 6.92 Å². The second-order valence-corrected chi connectivity index (χ2v) is 5.54. The molecule has 2 rings (SSSR count). The van der Waals surface area contributed by atoms with Gasteiger partial charge in [-0.2, -0.15) is 0 Å². The van der Waals surface area contributed by atoms with Crippen LogP contribution in [0, 0.1) is 11.8 Å². The number of aromatic nitrogens is 3. The van der Waals surface area contributed by atoms with Gasteiger partial charge in [-0.05, 0) is 12.8 Å². The Bertz CT molecular complexity index is 547. The SMILES string of the molecule is CCNC(=NCc1nncn1C)N1CC(C)C(C(=O)OC)C1.I. The number of guanidine groups is 1. The molecule has 1 aliphatic heterocycles. The van der Waals surface area contributed by atoms with Crippen LogP contribution in [0.2, 0.25) is 0 Å². The zero-order valence-electron chi connectivity index (χ0n) is 14.0. The molecule has 2 heterocycles. The maximum absolute atomic E-state index is 11.8. The number of nitrogens with zero attached hydrogens (tertiary/aromatic N) is 5. The fourth-order valence-corrected chi connectivity index (χ4v) is 2.62. The highest BCUT2D eigenvalue weighted by Crippen LogP contribution is 2.24. The van der Waals surface area contributed by atoms with E-state index in [0.29, 0.717) is 13.1 Å². The average molecular weight is 436 g/mol. The third-order valence-corrected chi connectivity index (χ3v) is 3.93. The van der Waals surface area contributed by atoms with Gasteiger partial charge >= 0.3 is 5.97 Å². The molecule has 1 aromatic rings. The first-order chi connectivity index (χ1) is 10.6. The van der Waals surface area contributed by atoms with E-state index in [4.69, 9.17) is 4.74 Å². The minimum absolute atomic E-state index is 0. The molecule has 8 nitrogen and oxygen atoms in total. The molecule has 0 aromatic carbocycles. The Labute approximate surface area is 153 Å². The monoisotopic (exact) mass is 436 g/mol. The normalized spacial score (nSPS) is 21.0. The highest BCUT2D eigenvalue weighted by Gasteiger charge is 2.36. The first kappa shape index (κ1) is 19.7. The van der Waals surface area contributed by atoms with E-state index >= 15 is 0 Å². The molecule has 0 bridgehead atoms. The minimum Gasteiger partial charge on any atom is -0.469 e. The number of methoxy groups -OCH3 is 1. The molecule has 0 amide bonds. The third kappa shape index (κ3) is 4.79. The van der Waals surface area contributed by atoms with Crippen LogP contribution in [-0.2, 0) is 23.1 Å². The lowest BCUT2D eigenvalue weighted by Crippen LogP contribution is -2.40. The van der Waals surface area contributed by atoms with Gasteiger partial charge in [-0.25, -0.2) is 4.99 Å². The molecule has 23 heavy (non-hydrogen) atoms. The summed E-state index contributed by atoms with van der Waals surface area (Å²) in [7, 11) is 3.33. The molecule has 9 heteroatoms. The van der Waals surface area contributed by atoms with Gasteiger partial charge in [0.1, 0.15) is 12.9 Å². The number of halogens is 1. The Hall–Kier alpha value is -1.39. The fraction of sp³-hybridized carbons (Fsp3) is 0.714. The Morgan fingerprint density at radius 3 is 2.83 bits per heavy atom. The molecule has 2 unspecified atom stereocenters. The maximum atomic E-state index is 11.8. The molecule has 0 spiro atoms. The van der Waals surface area contributed by atoms with E-state index in [-0.39, 0.29) is 41.8 Å². The maximum Gasteiger partial charge on any atom is 0.310 e. The standard InChI is InChI=1S/C14H24N6O2.HI/c1-5-15-14(16-6-12-18-17-9-19(12)3)20-7-10(2)11(8-20)13(21)22-4;/h9-11H,5-8H2,1-4H3,(H,15,16);1H. The number of aliphatic imine (C=N–C) groups is 1. The van der Waals surface area contributed by atoms with Crippen molar-refractivity contribution in [3.8, 4) is 0 Å². The van der Waals surface area contributed by atoms with Crippen LogP contribution in [-0.4, -0.2) is 58.3 Å². The van der Waals surface area contributed by atoms with E-state index in [9.17, 15) is 4.79 Å². The summed E-state index contributed by atoms with van der Waals surface area (Å²) in [4.78, 5) is 18.5. The topological polar surface area (TPSA) is 84.6 Å². The van der Waals surface area contributed by atoms with Crippen LogP contribution in [0.4, 0.5) is 0 Å². The van der Waals surface area contributed by atoms with Gasteiger partial charge < -0.3 is 19.5 Å². The Morgan fingerprint density at radius 1 is 1.52 bits per heavy atom. The van der Waals surface area contributed by atoms with Crippen molar-refractivity contribution < 1.29 is 9.53 Å². The Balaban J connectivity index is 0.00000264. The third-order valence-electron chi connectivity index (χ3n) is 3.93. The smallest absolute Gasteiger partial charge is 0.310 e. The number of hydrogen-bond donors (Lipinski definition) is 1. The Kier molecular flexibility index (Phi) is 7.73. The molecule has 1 saturated heterocycles. The summed E-state index contributed by atoms with van der Waals surface area (Å²) in [5.41, 5.74) is 0. The van der Waals surface area contributed by atoms with Crippen LogP contribution in [0.15, 0.2) is 11.3 Å². The summed E-state index contributed by atoms with van der Waals surface area (Å²) in [5.74, 6) is 1.57. The number of rotatable bonds is 4. The largest absolute Gasteiger partial charge is 0.469 e. The molecule has 1 fully saturated rings. The summed E-state index contributed by atoms with van der Waals surface area (Å²) < 4.78 is 6.72. The van der Waals surface area contributed by atoms with Crippen LogP contribution in [0.25, 0.3) is 0 Å².